The predicted octanol–water partition coefficient (Wildman–Crippen LogP) is 1.33. The first-order valence-electron chi connectivity index (χ1n) is 3.61. The second-order valence-corrected chi connectivity index (χ2v) is 2.90. The predicted molar refractivity (Wildman–Crippen MR) is 36.9 cm³/mol. The van der Waals surface area contributed by atoms with Gasteiger partial charge in [-0.05, 0) is 19.3 Å². The molecule has 0 bridgehead atoms. The third-order valence-electron chi connectivity index (χ3n) is 1.70. The zero-order valence-corrected chi connectivity index (χ0v) is 6.18. The van der Waals surface area contributed by atoms with Crippen molar-refractivity contribution in [3.63, 3.8) is 0 Å². The first kappa shape index (κ1) is 7.03. The molecular formula is C7H15NO. The summed E-state index contributed by atoms with van der Waals surface area (Å²) in [6.45, 7) is 2.15. The van der Waals surface area contributed by atoms with Crippen LogP contribution >= 0.6 is 0 Å². The maximum atomic E-state index is 4.78. The van der Waals surface area contributed by atoms with Crippen LogP contribution in [0, 0.1) is 5.92 Å². The van der Waals surface area contributed by atoms with Crippen LogP contribution < -0.4 is 5.48 Å². The van der Waals surface area contributed by atoms with Crippen LogP contribution in [0.1, 0.15) is 26.2 Å². The molecule has 9 heavy (non-hydrogen) atoms. The van der Waals surface area contributed by atoms with Crippen molar-refractivity contribution in [2.24, 2.45) is 5.92 Å². The summed E-state index contributed by atoms with van der Waals surface area (Å²) in [5.74, 6) is 0.989. The molecule has 1 fully saturated rings. The Bertz CT molecular complexity index is 81.0. The molecule has 1 aliphatic rings. The van der Waals surface area contributed by atoms with Crippen LogP contribution in [-0.4, -0.2) is 13.2 Å². The minimum absolute atomic E-state index is 0.530. The van der Waals surface area contributed by atoms with E-state index in [1.807, 2.05) is 0 Å². The van der Waals surface area contributed by atoms with Gasteiger partial charge in [0.2, 0.25) is 0 Å². The molecule has 54 valence electrons. The third kappa shape index (κ3) is 2.82. The topological polar surface area (TPSA) is 21.3 Å². The summed E-state index contributed by atoms with van der Waals surface area (Å²) < 4.78 is 0. The van der Waals surface area contributed by atoms with E-state index in [4.69, 9.17) is 4.84 Å². The number of rotatable bonds is 4. The van der Waals surface area contributed by atoms with Crippen molar-refractivity contribution in [1.82, 2.24) is 5.48 Å². The highest BCUT2D eigenvalue weighted by Gasteiger charge is 2.23. The highest BCUT2D eigenvalue weighted by atomic mass is 16.6. The van der Waals surface area contributed by atoms with Gasteiger partial charge in [-0.2, -0.15) is 0 Å². The Kier molecular flexibility index (Phi) is 2.49. The lowest BCUT2D eigenvalue weighted by atomic mass is 10.2. The highest BCUT2D eigenvalue weighted by Crippen LogP contribution is 2.33. The molecular weight excluding hydrogens is 114 g/mol. The van der Waals surface area contributed by atoms with E-state index < -0.39 is 0 Å². The molecule has 2 heteroatoms. The molecule has 0 amide bonds. The molecule has 0 aromatic rings. The van der Waals surface area contributed by atoms with E-state index in [-0.39, 0.29) is 0 Å². The Labute approximate surface area is 56.5 Å². The van der Waals surface area contributed by atoms with E-state index in [0.29, 0.717) is 6.04 Å². The van der Waals surface area contributed by atoms with Crippen molar-refractivity contribution in [2.75, 3.05) is 7.11 Å². The fourth-order valence-electron chi connectivity index (χ4n) is 1.10. The van der Waals surface area contributed by atoms with E-state index in [0.717, 1.165) is 5.92 Å². The quantitative estimate of drug-likeness (QED) is 0.578. The van der Waals surface area contributed by atoms with Crippen molar-refractivity contribution in [1.29, 1.82) is 0 Å². The second kappa shape index (κ2) is 3.18. The Hall–Kier alpha value is -0.0800. The second-order valence-electron chi connectivity index (χ2n) is 2.90. The first-order valence-corrected chi connectivity index (χ1v) is 3.61. The summed E-state index contributed by atoms with van der Waals surface area (Å²) >= 11 is 0. The Balaban J connectivity index is 1.95. The number of nitrogens with one attached hydrogen (secondary N) is 1. The molecule has 0 saturated heterocycles. The van der Waals surface area contributed by atoms with Crippen molar-refractivity contribution in [2.45, 2.75) is 32.2 Å². The first-order chi connectivity index (χ1) is 4.33. The lowest BCUT2D eigenvalue weighted by Gasteiger charge is -2.09. The zero-order valence-electron chi connectivity index (χ0n) is 6.18. The molecule has 1 rings (SSSR count). The highest BCUT2D eigenvalue weighted by molar-refractivity contribution is 4.76. The maximum absolute atomic E-state index is 4.78. The van der Waals surface area contributed by atoms with Crippen LogP contribution in [-0.2, 0) is 4.84 Å². The van der Waals surface area contributed by atoms with Crippen molar-refractivity contribution in [3.05, 3.63) is 0 Å². The molecule has 0 heterocycles. The van der Waals surface area contributed by atoms with Crippen LogP contribution in [0.3, 0.4) is 0 Å². The van der Waals surface area contributed by atoms with Gasteiger partial charge in [0, 0.05) is 6.04 Å². The van der Waals surface area contributed by atoms with Gasteiger partial charge in [-0.1, -0.05) is 12.8 Å². The third-order valence-corrected chi connectivity index (χ3v) is 1.70. The molecule has 1 N–H and O–H groups in total. The SMILES string of the molecule is CONC(C)CC1CC1. The molecule has 1 unspecified atom stereocenters. The molecule has 0 aromatic heterocycles. The van der Waals surface area contributed by atoms with Crippen LogP contribution in [0.4, 0.5) is 0 Å². The zero-order chi connectivity index (χ0) is 6.69. The summed E-state index contributed by atoms with van der Waals surface area (Å²) in [5, 5.41) is 0. The summed E-state index contributed by atoms with van der Waals surface area (Å²) in [5.41, 5.74) is 2.92. The van der Waals surface area contributed by atoms with Crippen molar-refractivity contribution in [3.8, 4) is 0 Å². The van der Waals surface area contributed by atoms with Gasteiger partial charge in [0.15, 0.2) is 0 Å². The van der Waals surface area contributed by atoms with Gasteiger partial charge in [0.1, 0.15) is 0 Å². The lowest BCUT2D eigenvalue weighted by molar-refractivity contribution is 0.0619. The fourth-order valence-corrected chi connectivity index (χ4v) is 1.10. The smallest absolute Gasteiger partial charge is 0.0572 e. The molecule has 0 radical (unpaired) electrons. The summed E-state index contributed by atoms with van der Waals surface area (Å²) in [6.07, 6.45) is 4.12. The minimum atomic E-state index is 0.530. The van der Waals surface area contributed by atoms with Crippen LogP contribution in [0.25, 0.3) is 0 Å². The molecule has 2 nitrogen and oxygen atoms in total. The van der Waals surface area contributed by atoms with Crippen LogP contribution in [0.15, 0.2) is 0 Å². The van der Waals surface area contributed by atoms with Gasteiger partial charge < -0.3 is 4.84 Å². The minimum Gasteiger partial charge on any atom is -0.305 e. The number of hydroxylamine groups is 1. The van der Waals surface area contributed by atoms with Crippen LogP contribution in [0.5, 0.6) is 0 Å². The molecule has 0 spiro atoms. The Morgan fingerprint density at radius 3 is 2.78 bits per heavy atom. The van der Waals surface area contributed by atoms with E-state index in [9.17, 15) is 0 Å². The standard InChI is InChI=1S/C7H15NO/c1-6(8-9-2)5-7-3-4-7/h6-8H,3-5H2,1-2H3. The van der Waals surface area contributed by atoms with Crippen molar-refractivity contribution < 1.29 is 4.84 Å². The lowest BCUT2D eigenvalue weighted by Crippen LogP contribution is -2.24. The Morgan fingerprint density at radius 1 is 1.67 bits per heavy atom. The van der Waals surface area contributed by atoms with Crippen LogP contribution in [0.2, 0.25) is 0 Å². The van der Waals surface area contributed by atoms with Gasteiger partial charge in [-0.3, -0.25) is 0 Å². The monoisotopic (exact) mass is 129 g/mol. The largest absolute Gasteiger partial charge is 0.305 e. The normalized spacial score (nSPS) is 22.0. The van der Waals surface area contributed by atoms with Gasteiger partial charge in [-0.25, -0.2) is 5.48 Å². The van der Waals surface area contributed by atoms with Gasteiger partial charge in [0.05, 0.1) is 7.11 Å². The van der Waals surface area contributed by atoms with E-state index in [2.05, 4.69) is 12.4 Å². The average molecular weight is 129 g/mol. The summed E-state index contributed by atoms with van der Waals surface area (Å²) in [7, 11) is 1.67. The molecule has 0 aromatic carbocycles. The number of hydrogen-bond donors (Lipinski definition) is 1. The summed E-state index contributed by atoms with van der Waals surface area (Å²) in [6, 6.07) is 0.530. The maximum Gasteiger partial charge on any atom is 0.0572 e. The average Bonchev–Trinajstić information content (AvgIpc) is 2.50. The van der Waals surface area contributed by atoms with E-state index in [1.54, 1.807) is 7.11 Å². The van der Waals surface area contributed by atoms with E-state index >= 15 is 0 Å². The fraction of sp³-hybridized carbons (Fsp3) is 1.00. The van der Waals surface area contributed by atoms with E-state index in [1.165, 1.54) is 19.3 Å². The number of hydrogen-bond acceptors (Lipinski definition) is 2. The van der Waals surface area contributed by atoms with Crippen molar-refractivity contribution >= 4 is 0 Å². The van der Waals surface area contributed by atoms with Gasteiger partial charge in [-0.15, -0.1) is 0 Å². The summed E-state index contributed by atoms with van der Waals surface area (Å²) in [4.78, 5) is 4.78. The van der Waals surface area contributed by atoms with Gasteiger partial charge in [0.25, 0.3) is 0 Å². The molecule has 1 saturated carbocycles. The molecule has 1 atom stereocenters. The van der Waals surface area contributed by atoms with Gasteiger partial charge >= 0.3 is 0 Å². The molecule has 1 aliphatic carbocycles. The Morgan fingerprint density at radius 2 is 2.33 bits per heavy atom. The molecule has 0 aliphatic heterocycles.